The molecule has 0 bridgehead atoms. The number of hydrogen-bond acceptors (Lipinski definition) is 3. The Labute approximate surface area is 97.5 Å². The Bertz CT molecular complexity index is 566. The third-order valence-electron chi connectivity index (χ3n) is 2.62. The Balaban J connectivity index is 2.46. The van der Waals surface area contributed by atoms with Gasteiger partial charge in [0.2, 0.25) is 10.0 Å². The smallest absolute Gasteiger partial charge is 0.338 e. The molecule has 0 amide bonds. The second-order valence-electron chi connectivity index (χ2n) is 3.70. The molecule has 0 aromatic heterocycles. The van der Waals surface area contributed by atoms with Crippen LogP contribution < -0.4 is 0 Å². The Morgan fingerprint density at radius 2 is 2.00 bits per heavy atom. The molecule has 0 atom stereocenters. The monoisotopic (exact) mass is 259 g/mol. The van der Waals surface area contributed by atoms with E-state index in [1.807, 2.05) is 0 Å². The second-order valence-corrected chi connectivity index (χ2v) is 5.64. The number of hydrogen-bond donors (Lipinski definition) is 1. The molecular weight excluding hydrogens is 249 g/mol. The van der Waals surface area contributed by atoms with Gasteiger partial charge >= 0.3 is 5.97 Å². The zero-order valence-corrected chi connectivity index (χ0v) is 9.58. The van der Waals surface area contributed by atoms with Crippen molar-refractivity contribution in [2.24, 2.45) is 0 Å². The Kier molecular flexibility index (Phi) is 2.88. The van der Waals surface area contributed by atoms with Crippen molar-refractivity contribution in [2.45, 2.75) is 11.3 Å². The molecule has 1 N–H and O–H groups in total. The van der Waals surface area contributed by atoms with Crippen LogP contribution in [-0.4, -0.2) is 36.9 Å². The summed E-state index contributed by atoms with van der Waals surface area (Å²) in [6, 6.07) is 2.79. The quantitative estimate of drug-likeness (QED) is 0.875. The van der Waals surface area contributed by atoms with Crippen molar-refractivity contribution in [2.75, 3.05) is 13.1 Å². The maximum Gasteiger partial charge on any atom is 0.338 e. The lowest BCUT2D eigenvalue weighted by atomic mass is 10.2. The fourth-order valence-electron chi connectivity index (χ4n) is 1.51. The zero-order valence-electron chi connectivity index (χ0n) is 8.76. The van der Waals surface area contributed by atoms with Gasteiger partial charge in [-0.3, -0.25) is 0 Å². The van der Waals surface area contributed by atoms with Crippen molar-refractivity contribution in [1.82, 2.24) is 4.31 Å². The molecule has 1 heterocycles. The second kappa shape index (κ2) is 4.08. The highest BCUT2D eigenvalue weighted by Crippen LogP contribution is 2.23. The van der Waals surface area contributed by atoms with E-state index < -0.39 is 27.4 Å². The molecule has 17 heavy (non-hydrogen) atoms. The SMILES string of the molecule is O=C(O)c1cc(S(=O)(=O)N2CCC2)ccc1F. The van der Waals surface area contributed by atoms with Crippen molar-refractivity contribution < 1.29 is 22.7 Å². The predicted octanol–water partition coefficient (Wildman–Crippen LogP) is 0.918. The summed E-state index contributed by atoms with van der Waals surface area (Å²) < 4.78 is 38.2. The molecule has 1 aliphatic rings. The van der Waals surface area contributed by atoms with Crippen LogP contribution in [0.2, 0.25) is 0 Å². The van der Waals surface area contributed by atoms with Crippen LogP contribution >= 0.6 is 0 Å². The van der Waals surface area contributed by atoms with Gasteiger partial charge in [-0.2, -0.15) is 4.31 Å². The molecule has 0 radical (unpaired) electrons. The molecule has 0 saturated carbocycles. The summed E-state index contributed by atoms with van der Waals surface area (Å²) >= 11 is 0. The van der Waals surface area contributed by atoms with Gasteiger partial charge in [-0.25, -0.2) is 17.6 Å². The lowest BCUT2D eigenvalue weighted by Gasteiger charge is -2.29. The Morgan fingerprint density at radius 3 is 2.47 bits per heavy atom. The fourth-order valence-corrected chi connectivity index (χ4v) is 3.05. The van der Waals surface area contributed by atoms with Crippen LogP contribution in [0.3, 0.4) is 0 Å². The zero-order chi connectivity index (χ0) is 12.6. The number of carboxylic acids is 1. The topological polar surface area (TPSA) is 74.7 Å². The normalized spacial score (nSPS) is 16.5. The third-order valence-corrected chi connectivity index (χ3v) is 4.52. The van der Waals surface area contributed by atoms with Crippen LogP contribution in [0.5, 0.6) is 0 Å². The van der Waals surface area contributed by atoms with E-state index in [4.69, 9.17) is 5.11 Å². The van der Waals surface area contributed by atoms with Gasteiger partial charge in [0.05, 0.1) is 10.5 Å². The minimum absolute atomic E-state index is 0.184. The molecule has 7 heteroatoms. The average molecular weight is 259 g/mol. The van der Waals surface area contributed by atoms with Crippen molar-refractivity contribution in [3.05, 3.63) is 29.6 Å². The van der Waals surface area contributed by atoms with Gasteiger partial charge in [0.15, 0.2) is 0 Å². The van der Waals surface area contributed by atoms with E-state index in [9.17, 15) is 17.6 Å². The van der Waals surface area contributed by atoms with Gasteiger partial charge < -0.3 is 5.11 Å². The number of aromatic carboxylic acids is 1. The minimum Gasteiger partial charge on any atom is -0.478 e. The van der Waals surface area contributed by atoms with Crippen LogP contribution in [-0.2, 0) is 10.0 Å². The van der Waals surface area contributed by atoms with E-state index in [1.54, 1.807) is 0 Å². The Hall–Kier alpha value is -1.47. The van der Waals surface area contributed by atoms with E-state index in [0.29, 0.717) is 13.1 Å². The third kappa shape index (κ3) is 2.03. The molecule has 1 fully saturated rings. The summed E-state index contributed by atoms with van der Waals surface area (Å²) in [7, 11) is -3.67. The highest BCUT2D eigenvalue weighted by atomic mass is 32.2. The first-order valence-corrected chi connectivity index (χ1v) is 6.40. The van der Waals surface area contributed by atoms with Crippen molar-refractivity contribution in [1.29, 1.82) is 0 Å². The molecule has 2 rings (SSSR count). The van der Waals surface area contributed by atoms with Gasteiger partial charge in [-0.15, -0.1) is 0 Å². The molecule has 0 unspecified atom stereocenters. The fraction of sp³-hybridized carbons (Fsp3) is 0.300. The maximum atomic E-state index is 13.1. The number of sulfonamides is 1. The predicted molar refractivity (Wildman–Crippen MR) is 56.7 cm³/mol. The van der Waals surface area contributed by atoms with E-state index in [0.717, 1.165) is 24.6 Å². The van der Waals surface area contributed by atoms with Gasteiger partial charge in [0.1, 0.15) is 5.82 Å². The largest absolute Gasteiger partial charge is 0.478 e. The molecule has 0 aliphatic carbocycles. The number of carboxylic acid groups (broad SMARTS) is 1. The summed E-state index contributed by atoms with van der Waals surface area (Å²) in [5.41, 5.74) is -0.633. The summed E-state index contributed by atoms with van der Waals surface area (Å²) in [5.74, 6) is -2.43. The number of halogens is 1. The van der Waals surface area contributed by atoms with E-state index in [1.165, 1.54) is 4.31 Å². The molecule has 1 aliphatic heterocycles. The molecule has 5 nitrogen and oxygen atoms in total. The van der Waals surface area contributed by atoms with Gasteiger partial charge in [-0.05, 0) is 24.6 Å². The van der Waals surface area contributed by atoms with Crippen molar-refractivity contribution >= 4 is 16.0 Å². The molecule has 1 aromatic carbocycles. The maximum absolute atomic E-state index is 13.1. The van der Waals surface area contributed by atoms with Gasteiger partial charge in [0.25, 0.3) is 0 Å². The van der Waals surface area contributed by atoms with Crippen LogP contribution in [0, 0.1) is 5.82 Å². The summed E-state index contributed by atoms with van der Waals surface area (Å²) in [4.78, 5) is 10.5. The summed E-state index contributed by atoms with van der Waals surface area (Å²) in [6.07, 6.45) is 0.784. The Morgan fingerprint density at radius 1 is 1.35 bits per heavy atom. The first kappa shape index (κ1) is 12.0. The van der Waals surface area contributed by atoms with Gasteiger partial charge in [-0.1, -0.05) is 0 Å². The lowest BCUT2D eigenvalue weighted by molar-refractivity contribution is 0.0691. The highest BCUT2D eigenvalue weighted by Gasteiger charge is 2.30. The number of rotatable bonds is 3. The highest BCUT2D eigenvalue weighted by molar-refractivity contribution is 7.89. The summed E-state index contributed by atoms with van der Waals surface area (Å²) in [6.45, 7) is 0.838. The molecule has 92 valence electrons. The molecule has 1 aromatic rings. The first-order valence-electron chi connectivity index (χ1n) is 4.96. The molecular formula is C10H10FNO4S. The van der Waals surface area contributed by atoms with E-state index in [-0.39, 0.29) is 4.90 Å². The molecule has 0 spiro atoms. The van der Waals surface area contributed by atoms with Gasteiger partial charge in [0, 0.05) is 13.1 Å². The van der Waals surface area contributed by atoms with E-state index in [2.05, 4.69) is 0 Å². The number of benzene rings is 1. The molecule has 1 saturated heterocycles. The summed E-state index contributed by atoms with van der Waals surface area (Å²) in [5, 5.41) is 8.72. The first-order chi connectivity index (χ1) is 7.93. The standard InChI is InChI=1S/C10H10FNO4S/c11-9-3-2-7(6-8(9)10(13)14)17(15,16)12-4-1-5-12/h2-3,6H,1,4-5H2,(H,13,14). The average Bonchev–Trinajstić information content (AvgIpc) is 2.13. The van der Waals surface area contributed by atoms with Crippen LogP contribution in [0.1, 0.15) is 16.8 Å². The number of nitrogens with zero attached hydrogens (tertiary/aromatic N) is 1. The lowest BCUT2D eigenvalue weighted by Crippen LogP contribution is -2.41. The van der Waals surface area contributed by atoms with E-state index >= 15 is 0 Å². The minimum atomic E-state index is -3.67. The van der Waals surface area contributed by atoms with Crippen LogP contribution in [0.4, 0.5) is 4.39 Å². The van der Waals surface area contributed by atoms with Crippen molar-refractivity contribution in [3.63, 3.8) is 0 Å². The van der Waals surface area contributed by atoms with Crippen molar-refractivity contribution in [3.8, 4) is 0 Å². The number of carbonyl (C=O) groups is 1. The van der Waals surface area contributed by atoms with Crippen LogP contribution in [0.25, 0.3) is 0 Å². The van der Waals surface area contributed by atoms with Crippen LogP contribution in [0.15, 0.2) is 23.1 Å².